The van der Waals surface area contributed by atoms with Gasteiger partial charge in [0.2, 0.25) is 0 Å². The molecule has 0 aliphatic rings. The Labute approximate surface area is 197 Å². The monoisotopic (exact) mass is 586 g/mol. The number of halogens is 4. The zero-order valence-corrected chi connectivity index (χ0v) is 20.3. The van der Waals surface area contributed by atoms with Crippen LogP contribution in [0.4, 0.5) is 35.0 Å². The predicted octanol–water partition coefficient (Wildman–Crippen LogP) is 4.22. The minimum Gasteiger partial charge on any atom is -0.444 e. The molecule has 0 aliphatic carbocycles. The Bertz CT molecular complexity index is 1090. The van der Waals surface area contributed by atoms with Crippen LogP contribution < -0.4 is 20.1 Å². The number of carbonyl (C=O) groups is 1. The molecule has 4 N–H and O–H groups in total. The van der Waals surface area contributed by atoms with Crippen molar-refractivity contribution in [2.75, 3.05) is 23.1 Å². The standard InChI is InChI=1S/C19H22F3IN4O4S/c1-19(2,3)31-18(28)24-8-9-25-32(29,30)27-15-7-5-12(20)16(22)17(15)26-14-6-4-11(23)10-13(14)21/h4-7,10,25-27H,8-9H2,1-3H3,(H,24,28). The van der Waals surface area contributed by atoms with Crippen LogP contribution in [0.1, 0.15) is 20.8 Å². The molecule has 0 aromatic heterocycles. The van der Waals surface area contributed by atoms with Crippen molar-refractivity contribution in [3.63, 3.8) is 0 Å². The van der Waals surface area contributed by atoms with E-state index >= 15 is 0 Å². The molecule has 13 heteroatoms. The fraction of sp³-hybridized carbons (Fsp3) is 0.316. The minimum absolute atomic E-state index is 0.0907. The van der Waals surface area contributed by atoms with Gasteiger partial charge in [0.25, 0.3) is 10.2 Å². The van der Waals surface area contributed by atoms with Gasteiger partial charge in [-0.1, -0.05) is 0 Å². The highest BCUT2D eigenvalue weighted by Gasteiger charge is 2.20. The molecule has 8 nitrogen and oxygen atoms in total. The number of ether oxygens (including phenoxy) is 1. The third-order valence-electron chi connectivity index (χ3n) is 3.62. The topological polar surface area (TPSA) is 109 Å². The Balaban J connectivity index is 2.09. The maximum absolute atomic E-state index is 14.4. The maximum Gasteiger partial charge on any atom is 0.407 e. The Morgan fingerprint density at radius 1 is 1.03 bits per heavy atom. The van der Waals surface area contributed by atoms with Crippen LogP contribution >= 0.6 is 22.6 Å². The van der Waals surface area contributed by atoms with E-state index in [9.17, 15) is 26.4 Å². The lowest BCUT2D eigenvalue weighted by Gasteiger charge is -2.19. The largest absolute Gasteiger partial charge is 0.444 e. The molecule has 2 aromatic carbocycles. The quantitative estimate of drug-likeness (QED) is 0.274. The predicted molar refractivity (Wildman–Crippen MR) is 124 cm³/mol. The van der Waals surface area contributed by atoms with E-state index < -0.39 is 45.0 Å². The highest BCUT2D eigenvalue weighted by molar-refractivity contribution is 14.1. The second-order valence-corrected chi connectivity index (χ2v) is 10.2. The number of rotatable bonds is 8. The molecule has 0 atom stereocenters. The molecule has 0 aliphatic heterocycles. The molecule has 0 unspecified atom stereocenters. The van der Waals surface area contributed by atoms with Crippen molar-refractivity contribution in [1.82, 2.24) is 10.0 Å². The summed E-state index contributed by atoms with van der Waals surface area (Å²) < 4.78 is 76.7. The first-order valence-corrected chi connectivity index (χ1v) is 11.8. The molecule has 2 rings (SSSR count). The highest BCUT2D eigenvalue weighted by atomic mass is 127. The summed E-state index contributed by atoms with van der Waals surface area (Å²) in [5, 5.41) is 4.75. The number of hydrogen-bond donors (Lipinski definition) is 4. The lowest BCUT2D eigenvalue weighted by Crippen LogP contribution is -2.39. The van der Waals surface area contributed by atoms with Gasteiger partial charge < -0.3 is 15.4 Å². The number of amides is 1. The lowest BCUT2D eigenvalue weighted by atomic mass is 10.2. The van der Waals surface area contributed by atoms with Gasteiger partial charge in [0, 0.05) is 16.7 Å². The van der Waals surface area contributed by atoms with Crippen LogP contribution in [0.5, 0.6) is 0 Å². The second kappa shape index (κ2) is 10.6. The third-order valence-corrected chi connectivity index (χ3v) is 5.36. The normalized spacial score (nSPS) is 11.7. The molecular formula is C19H22F3IN4O4S. The summed E-state index contributed by atoms with van der Waals surface area (Å²) in [5.41, 5.74) is -1.83. The fourth-order valence-corrected chi connectivity index (χ4v) is 3.68. The Hall–Kier alpha value is -2.26. The first-order chi connectivity index (χ1) is 14.8. The molecule has 1 amide bonds. The van der Waals surface area contributed by atoms with Gasteiger partial charge in [-0.2, -0.15) is 13.1 Å². The Kier molecular flexibility index (Phi) is 8.59. The van der Waals surface area contributed by atoms with Crippen LogP contribution in [-0.2, 0) is 14.9 Å². The Morgan fingerprint density at radius 3 is 2.31 bits per heavy atom. The molecule has 0 heterocycles. The van der Waals surface area contributed by atoms with E-state index in [2.05, 4.69) is 20.1 Å². The van der Waals surface area contributed by atoms with Gasteiger partial charge >= 0.3 is 6.09 Å². The van der Waals surface area contributed by atoms with E-state index in [0.717, 1.165) is 12.1 Å². The number of nitrogens with one attached hydrogen (secondary N) is 4. The summed E-state index contributed by atoms with van der Waals surface area (Å²) >= 11 is 1.88. The van der Waals surface area contributed by atoms with Gasteiger partial charge in [-0.15, -0.1) is 0 Å². The number of alkyl carbamates (subject to hydrolysis) is 1. The summed E-state index contributed by atoms with van der Waals surface area (Å²) in [7, 11) is -4.25. The van der Waals surface area contributed by atoms with Crippen molar-refractivity contribution >= 4 is 56.0 Å². The molecule has 0 spiro atoms. The van der Waals surface area contributed by atoms with E-state index in [4.69, 9.17) is 4.74 Å². The highest BCUT2D eigenvalue weighted by Crippen LogP contribution is 2.32. The number of anilines is 3. The molecule has 0 saturated heterocycles. The second-order valence-electron chi connectivity index (χ2n) is 7.46. The van der Waals surface area contributed by atoms with Gasteiger partial charge in [-0.05, 0) is 73.7 Å². The van der Waals surface area contributed by atoms with Crippen LogP contribution in [-0.4, -0.2) is 33.2 Å². The molecular weight excluding hydrogens is 564 g/mol. The van der Waals surface area contributed by atoms with E-state index in [1.807, 2.05) is 22.6 Å². The smallest absolute Gasteiger partial charge is 0.407 e. The summed E-state index contributed by atoms with van der Waals surface area (Å²) in [4.78, 5) is 11.6. The number of carbonyl (C=O) groups excluding carboxylic acids is 1. The van der Waals surface area contributed by atoms with Crippen molar-refractivity contribution in [1.29, 1.82) is 0 Å². The number of benzene rings is 2. The molecule has 32 heavy (non-hydrogen) atoms. The third kappa shape index (κ3) is 8.02. The average molecular weight is 586 g/mol. The van der Waals surface area contributed by atoms with Crippen molar-refractivity contribution in [3.05, 3.63) is 51.4 Å². The van der Waals surface area contributed by atoms with Crippen LogP contribution in [0.2, 0.25) is 0 Å². The van der Waals surface area contributed by atoms with Gasteiger partial charge in [-0.3, -0.25) is 4.72 Å². The Morgan fingerprint density at radius 2 is 1.69 bits per heavy atom. The maximum atomic E-state index is 14.4. The van der Waals surface area contributed by atoms with E-state index in [1.54, 1.807) is 20.8 Å². The van der Waals surface area contributed by atoms with Gasteiger partial charge in [0.1, 0.15) is 17.1 Å². The van der Waals surface area contributed by atoms with E-state index in [1.165, 1.54) is 18.2 Å². The van der Waals surface area contributed by atoms with Crippen LogP contribution in [0.15, 0.2) is 30.3 Å². The molecule has 176 valence electrons. The zero-order valence-electron chi connectivity index (χ0n) is 17.4. The lowest BCUT2D eigenvalue weighted by molar-refractivity contribution is 0.0529. The molecule has 0 bridgehead atoms. The van der Waals surface area contributed by atoms with E-state index in [0.29, 0.717) is 3.57 Å². The summed E-state index contributed by atoms with van der Waals surface area (Å²) in [6.45, 7) is 4.72. The van der Waals surface area contributed by atoms with Crippen LogP contribution in [0, 0.1) is 21.0 Å². The summed E-state index contributed by atoms with van der Waals surface area (Å²) in [6.07, 6.45) is -0.726. The van der Waals surface area contributed by atoms with Crippen LogP contribution in [0.3, 0.4) is 0 Å². The first kappa shape index (κ1) is 26.0. The molecule has 0 saturated carbocycles. The summed E-state index contributed by atoms with van der Waals surface area (Å²) in [5.74, 6) is -3.38. The average Bonchev–Trinajstić information content (AvgIpc) is 2.65. The molecule has 0 radical (unpaired) electrons. The van der Waals surface area contributed by atoms with Crippen molar-refractivity contribution in [3.8, 4) is 0 Å². The first-order valence-electron chi connectivity index (χ1n) is 9.22. The van der Waals surface area contributed by atoms with Crippen molar-refractivity contribution in [2.45, 2.75) is 26.4 Å². The molecule has 2 aromatic rings. The minimum atomic E-state index is -4.25. The SMILES string of the molecule is CC(C)(C)OC(=O)NCCNS(=O)(=O)Nc1ccc(F)c(F)c1Nc1ccc(I)cc1F. The van der Waals surface area contributed by atoms with Gasteiger partial charge in [-0.25, -0.2) is 18.0 Å². The van der Waals surface area contributed by atoms with Gasteiger partial charge in [0.05, 0.1) is 11.4 Å². The van der Waals surface area contributed by atoms with Crippen LogP contribution in [0.25, 0.3) is 0 Å². The molecule has 0 fully saturated rings. The zero-order chi connectivity index (χ0) is 24.1. The van der Waals surface area contributed by atoms with Crippen molar-refractivity contribution in [2.24, 2.45) is 0 Å². The van der Waals surface area contributed by atoms with Crippen molar-refractivity contribution < 1.29 is 31.1 Å². The fourth-order valence-electron chi connectivity index (χ4n) is 2.33. The summed E-state index contributed by atoms with van der Waals surface area (Å²) in [6, 6.07) is 5.73. The van der Waals surface area contributed by atoms with Gasteiger partial charge in [0.15, 0.2) is 11.6 Å². The number of hydrogen-bond acceptors (Lipinski definition) is 5. The van der Waals surface area contributed by atoms with E-state index in [-0.39, 0.29) is 24.5 Å².